The highest BCUT2D eigenvalue weighted by Gasteiger charge is 2.02. The molecule has 0 aliphatic heterocycles. The van der Waals surface area contributed by atoms with E-state index < -0.39 is 6.16 Å². The highest BCUT2D eigenvalue weighted by Crippen LogP contribution is 2.24. The zero-order chi connectivity index (χ0) is 12.3. The Balaban J connectivity index is 2.26. The lowest BCUT2D eigenvalue weighted by molar-refractivity contribution is 0.144. The maximum absolute atomic E-state index is 10.3. The Morgan fingerprint density at radius 3 is 2.35 bits per heavy atom. The van der Waals surface area contributed by atoms with Gasteiger partial charge < -0.3 is 9.84 Å². The Hall–Kier alpha value is -2.00. The molecule has 0 radical (unpaired) electrons. The fourth-order valence-electron chi connectivity index (χ4n) is 1.48. The summed E-state index contributed by atoms with van der Waals surface area (Å²) in [7, 11) is 0. The number of rotatable bonds is 2. The van der Waals surface area contributed by atoms with Crippen LogP contribution in [0.25, 0.3) is 11.1 Å². The van der Waals surface area contributed by atoms with Gasteiger partial charge in [-0.25, -0.2) is 4.79 Å². The quantitative estimate of drug-likeness (QED) is 0.644. The van der Waals surface area contributed by atoms with E-state index in [0.29, 0.717) is 10.8 Å². The normalized spacial score (nSPS) is 9.94. The van der Waals surface area contributed by atoms with Gasteiger partial charge >= 0.3 is 6.16 Å². The van der Waals surface area contributed by atoms with Crippen molar-refractivity contribution in [1.82, 2.24) is 0 Å². The standard InChI is InChI=1S/C13H9ClO3/c14-11-3-1-2-10(8-11)9-4-6-12(7-5-9)17-13(15)16/h1-8H,(H,15,16). The van der Waals surface area contributed by atoms with E-state index in [4.69, 9.17) is 16.7 Å². The van der Waals surface area contributed by atoms with Crippen molar-refractivity contribution in [2.45, 2.75) is 0 Å². The van der Waals surface area contributed by atoms with Crippen LogP contribution in [-0.4, -0.2) is 11.3 Å². The van der Waals surface area contributed by atoms with Gasteiger partial charge in [-0.15, -0.1) is 0 Å². The third-order valence-corrected chi connectivity index (χ3v) is 2.45. The molecule has 17 heavy (non-hydrogen) atoms. The number of hydrogen-bond donors (Lipinski definition) is 1. The van der Waals surface area contributed by atoms with Gasteiger partial charge in [-0.1, -0.05) is 35.9 Å². The van der Waals surface area contributed by atoms with E-state index in [2.05, 4.69) is 4.74 Å². The lowest BCUT2D eigenvalue weighted by atomic mass is 10.1. The summed E-state index contributed by atoms with van der Waals surface area (Å²) in [6, 6.07) is 14.2. The van der Waals surface area contributed by atoms with Crippen LogP contribution in [0.2, 0.25) is 5.02 Å². The topological polar surface area (TPSA) is 46.5 Å². The molecule has 3 nitrogen and oxygen atoms in total. The fraction of sp³-hybridized carbons (Fsp3) is 0. The number of carbonyl (C=O) groups is 1. The summed E-state index contributed by atoms with van der Waals surface area (Å²) in [5.74, 6) is 0.295. The van der Waals surface area contributed by atoms with Gasteiger partial charge in [0.2, 0.25) is 0 Å². The molecule has 0 aliphatic rings. The van der Waals surface area contributed by atoms with E-state index in [1.807, 2.05) is 18.2 Å². The summed E-state index contributed by atoms with van der Waals surface area (Å²) >= 11 is 5.89. The second-order valence-electron chi connectivity index (χ2n) is 3.40. The first-order chi connectivity index (χ1) is 8.15. The Labute approximate surface area is 103 Å². The molecule has 0 unspecified atom stereocenters. The molecule has 86 valence electrons. The lowest BCUT2D eigenvalue weighted by Gasteiger charge is -2.04. The van der Waals surface area contributed by atoms with E-state index in [0.717, 1.165) is 11.1 Å². The van der Waals surface area contributed by atoms with E-state index in [9.17, 15) is 4.79 Å². The zero-order valence-electron chi connectivity index (χ0n) is 8.76. The van der Waals surface area contributed by atoms with Crippen molar-refractivity contribution in [3.05, 3.63) is 53.6 Å². The number of halogens is 1. The maximum Gasteiger partial charge on any atom is 0.511 e. The first-order valence-corrected chi connectivity index (χ1v) is 5.30. The molecule has 2 aromatic carbocycles. The molecule has 0 heterocycles. The van der Waals surface area contributed by atoms with Crippen molar-refractivity contribution in [1.29, 1.82) is 0 Å². The number of ether oxygens (including phenoxy) is 1. The molecule has 0 aliphatic carbocycles. The molecule has 1 N–H and O–H groups in total. The Kier molecular flexibility index (Phi) is 3.30. The van der Waals surface area contributed by atoms with Crippen LogP contribution in [0.5, 0.6) is 5.75 Å². The van der Waals surface area contributed by atoms with Gasteiger partial charge in [0, 0.05) is 5.02 Å². The molecule has 2 rings (SSSR count). The highest BCUT2D eigenvalue weighted by molar-refractivity contribution is 6.30. The van der Waals surface area contributed by atoms with Crippen molar-refractivity contribution in [3.63, 3.8) is 0 Å². The first kappa shape index (κ1) is 11.5. The second-order valence-corrected chi connectivity index (χ2v) is 3.84. The largest absolute Gasteiger partial charge is 0.511 e. The molecule has 0 saturated heterocycles. The van der Waals surface area contributed by atoms with Gasteiger partial charge in [0.05, 0.1) is 0 Å². The van der Waals surface area contributed by atoms with Crippen molar-refractivity contribution in [3.8, 4) is 16.9 Å². The fourth-order valence-corrected chi connectivity index (χ4v) is 1.67. The SMILES string of the molecule is O=C(O)Oc1ccc(-c2cccc(Cl)c2)cc1. The van der Waals surface area contributed by atoms with Crippen molar-refractivity contribution < 1.29 is 14.6 Å². The minimum atomic E-state index is -1.32. The Bertz CT molecular complexity index is 535. The van der Waals surface area contributed by atoms with Gasteiger partial charge in [0.1, 0.15) is 5.75 Å². The molecule has 0 atom stereocenters. The summed E-state index contributed by atoms with van der Waals surface area (Å²) < 4.78 is 4.52. The van der Waals surface area contributed by atoms with E-state index in [-0.39, 0.29) is 0 Å². The predicted molar refractivity (Wildman–Crippen MR) is 65.5 cm³/mol. The summed E-state index contributed by atoms with van der Waals surface area (Å²) in [4.78, 5) is 10.3. The average molecular weight is 249 g/mol. The molecule has 0 fully saturated rings. The van der Waals surface area contributed by atoms with Crippen molar-refractivity contribution in [2.75, 3.05) is 0 Å². The van der Waals surface area contributed by atoms with Gasteiger partial charge in [-0.05, 0) is 35.4 Å². The van der Waals surface area contributed by atoms with Crippen LogP contribution in [0.15, 0.2) is 48.5 Å². The van der Waals surface area contributed by atoms with Crippen LogP contribution in [-0.2, 0) is 0 Å². The second kappa shape index (κ2) is 4.89. The van der Waals surface area contributed by atoms with Crippen LogP contribution >= 0.6 is 11.6 Å². The number of carboxylic acid groups (broad SMARTS) is 1. The van der Waals surface area contributed by atoms with Crippen LogP contribution in [0, 0.1) is 0 Å². The molecule has 0 saturated carbocycles. The number of hydrogen-bond acceptors (Lipinski definition) is 2. The van der Waals surface area contributed by atoms with E-state index in [1.54, 1.807) is 30.3 Å². The minimum Gasteiger partial charge on any atom is -0.449 e. The van der Waals surface area contributed by atoms with Crippen LogP contribution in [0.4, 0.5) is 4.79 Å². The van der Waals surface area contributed by atoms with E-state index in [1.165, 1.54) is 0 Å². The van der Waals surface area contributed by atoms with Gasteiger partial charge in [0.15, 0.2) is 0 Å². The van der Waals surface area contributed by atoms with Crippen LogP contribution in [0.1, 0.15) is 0 Å². The van der Waals surface area contributed by atoms with E-state index >= 15 is 0 Å². The predicted octanol–water partition coefficient (Wildman–Crippen LogP) is 4.06. The molecular weight excluding hydrogens is 240 g/mol. The third kappa shape index (κ3) is 2.98. The highest BCUT2D eigenvalue weighted by atomic mass is 35.5. The number of benzene rings is 2. The third-order valence-electron chi connectivity index (χ3n) is 2.22. The Morgan fingerprint density at radius 1 is 1.06 bits per heavy atom. The van der Waals surface area contributed by atoms with Gasteiger partial charge in [-0.2, -0.15) is 0 Å². The summed E-state index contributed by atoms with van der Waals surface area (Å²) in [6.07, 6.45) is -1.32. The summed E-state index contributed by atoms with van der Waals surface area (Å²) in [6.45, 7) is 0. The minimum absolute atomic E-state index is 0.295. The molecule has 4 heteroatoms. The summed E-state index contributed by atoms with van der Waals surface area (Å²) in [5, 5.41) is 9.11. The van der Waals surface area contributed by atoms with Crippen LogP contribution < -0.4 is 4.74 Å². The monoisotopic (exact) mass is 248 g/mol. The molecule has 0 spiro atoms. The van der Waals surface area contributed by atoms with Crippen molar-refractivity contribution in [2.24, 2.45) is 0 Å². The van der Waals surface area contributed by atoms with Gasteiger partial charge in [-0.3, -0.25) is 0 Å². The molecule has 2 aromatic rings. The zero-order valence-corrected chi connectivity index (χ0v) is 9.52. The maximum atomic E-state index is 10.3. The van der Waals surface area contributed by atoms with Crippen molar-refractivity contribution >= 4 is 17.8 Å². The molecule has 0 amide bonds. The van der Waals surface area contributed by atoms with Crippen LogP contribution in [0.3, 0.4) is 0 Å². The molecule has 0 bridgehead atoms. The summed E-state index contributed by atoms with van der Waals surface area (Å²) in [5.41, 5.74) is 1.92. The molecule has 0 aromatic heterocycles. The first-order valence-electron chi connectivity index (χ1n) is 4.92. The smallest absolute Gasteiger partial charge is 0.449 e. The average Bonchev–Trinajstić information content (AvgIpc) is 2.29. The van der Waals surface area contributed by atoms with Gasteiger partial charge in [0.25, 0.3) is 0 Å². The molecular formula is C13H9ClO3. The lowest BCUT2D eigenvalue weighted by Crippen LogP contribution is -2.02. The Morgan fingerprint density at radius 2 is 1.76 bits per heavy atom.